The fourth-order valence-electron chi connectivity index (χ4n) is 1.04. The Bertz CT molecular complexity index is 123. The molecule has 0 aromatic carbocycles. The van der Waals surface area contributed by atoms with Gasteiger partial charge in [0.25, 0.3) is 0 Å². The van der Waals surface area contributed by atoms with Crippen molar-refractivity contribution in [3.63, 3.8) is 0 Å². The Morgan fingerprint density at radius 2 is 1.92 bits per heavy atom. The van der Waals surface area contributed by atoms with Crippen molar-refractivity contribution >= 4 is 6.03 Å². The number of amides is 2. The number of nitrogens with two attached hydrogens (primary N) is 1. The van der Waals surface area contributed by atoms with Gasteiger partial charge in [-0.1, -0.05) is 13.8 Å². The summed E-state index contributed by atoms with van der Waals surface area (Å²) in [7, 11) is 0. The lowest BCUT2D eigenvalue weighted by molar-refractivity contribution is 0.248. The molecule has 0 atom stereocenters. The van der Waals surface area contributed by atoms with Crippen LogP contribution in [0.15, 0.2) is 0 Å². The van der Waals surface area contributed by atoms with Gasteiger partial charge in [0, 0.05) is 19.1 Å². The third-order valence-electron chi connectivity index (χ3n) is 1.84. The maximum atomic E-state index is 10.3. The number of hydrogen-bond donors (Lipinski definition) is 3. The van der Waals surface area contributed by atoms with Gasteiger partial charge >= 0.3 is 6.03 Å². The molecule has 0 heterocycles. The summed E-state index contributed by atoms with van der Waals surface area (Å²) in [4.78, 5) is 10.3. The minimum Gasteiger partial charge on any atom is -0.352 e. The van der Waals surface area contributed by atoms with E-state index in [4.69, 9.17) is 5.73 Å². The highest BCUT2D eigenvalue weighted by atomic mass is 16.2. The first-order valence-electron chi connectivity index (χ1n) is 4.47. The normalized spacial score (nSPS) is 10.2. The van der Waals surface area contributed by atoms with Gasteiger partial charge in [-0.2, -0.15) is 0 Å². The molecule has 72 valence electrons. The molecule has 4 nitrogen and oxygen atoms in total. The summed E-state index contributed by atoms with van der Waals surface area (Å²) in [6.45, 7) is 5.67. The van der Waals surface area contributed by atoms with Crippen LogP contribution < -0.4 is 16.4 Å². The Morgan fingerprint density at radius 1 is 1.33 bits per heavy atom. The van der Waals surface area contributed by atoms with Crippen LogP contribution in [0.3, 0.4) is 0 Å². The molecule has 0 fully saturated rings. The van der Waals surface area contributed by atoms with Gasteiger partial charge in [-0.15, -0.1) is 0 Å². The SMILES string of the molecule is CCC(CC)NCCNC(N)=O. The Kier molecular flexibility index (Phi) is 6.47. The molecule has 0 saturated heterocycles. The minimum atomic E-state index is -0.457. The standard InChI is InChI=1S/C8H19N3O/c1-3-7(4-2)10-5-6-11-8(9)12/h7,10H,3-6H2,1-2H3,(H3,9,11,12). The number of carbonyl (C=O) groups excluding carboxylic acids is 1. The van der Waals surface area contributed by atoms with Gasteiger partial charge in [-0.3, -0.25) is 0 Å². The number of primary amides is 1. The first-order chi connectivity index (χ1) is 5.70. The summed E-state index contributed by atoms with van der Waals surface area (Å²) >= 11 is 0. The van der Waals surface area contributed by atoms with Crippen molar-refractivity contribution in [1.82, 2.24) is 10.6 Å². The van der Waals surface area contributed by atoms with E-state index in [0.717, 1.165) is 19.4 Å². The highest BCUT2D eigenvalue weighted by Crippen LogP contribution is 1.93. The van der Waals surface area contributed by atoms with E-state index in [1.165, 1.54) is 0 Å². The van der Waals surface area contributed by atoms with Crippen molar-refractivity contribution in [1.29, 1.82) is 0 Å². The molecule has 4 heteroatoms. The van der Waals surface area contributed by atoms with Crippen molar-refractivity contribution < 1.29 is 4.79 Å². The lowest BCUT2D eigenvalue weighted by atomic mass is 10.2. The quantitative estimate of drug-likeness (QED) is 0.510. The number of nitrogens with one attached hydrogen (secondary N) is 2. The molecule has 0 aromatic rings. The zero-order valence-corrected chi connectivity index (χ0v) is 7.89. The van der Waals surface area contributed by atoms with Gasteiger partial charge < -0.3 is 16.4 Å². The molecular formula is C8H19N3O. The van der Waals surface area contributed by atoms with Crippen LogP contribution in [0.4, 0.5) is 4.79 Å². The number of hydrogen-bond acceptors (Lipinski definition) is 2. The van der Waals surface area contributed by atoms with E-state index in [0.29, 0.717) is 12.6 Å². The van der Waals surface area contributed by atoms with E-state index in [-0.39, 0.29) is 0 Å². The zero-order chi connectivity index (χ0) is 9.40. The molecule has 0 rings (SSSR count). The maximum absolute atomic E-state index is 10.3. The molecular weight excluding hydrogens is 154 g/mol. The minimum absolute atomic E-state index is 0.457. The van der Waals surface area contributed by atoms with Crippen LogP contribution in [0.2, 0.25) is 0 Å². The average molecular weight is 173 g/mol. The summed E-state index contributed by atoms with van der Waals surface area (Å²) in [6, 6.07) is 0.0982. The van der Waals surface area contributed by atoms with Gasteiger partial charge in [-0.25, -0.2) is 4.79 Å². The highest BCUT2D eigenvalue weighted by molar-refractivity contribution is 5.71. The molecule has 0 aliphatic rings. The molecule has 0 spiro atoms. The van der Waals surface area contributed by atoms with Gasteiger partial charge in [0.15, 0.2) is 0 Å². The first kappa shape index (κ1) is 11.2. The van der Waals surface area contributed by atoms with E-state index in [2.05, 4.69) is 24.5 Å². The van der Waals surface area contributed by atoms with Crippen molar-refractivity contribution in [3.8, 4) is 0 Å². The van der Waals surface area contributed by atoms with E-state index < -0.39 is 6.03 Å². The number of carbonyl (C=O) groups is 1. The largest absolute Gasteiger partial charge is 0.352 e. The van der Waals surface area contributed by atoms with Crippen LogP contribution in [0.5, 0.6) is 0 Å². The second-order valence-electron chi connectivity index (χ2n) is 2.76. The molecule has 0 aliphatic heterocycles. The fraction of sp³-hybridized carbons (Fsp3) is 0.875. The van der Waals surface area contributed by atoms with Crippen molar-refractivity contribution in [2.45, 2.75) is 32.7 Å². The maximum Gasteiger partial charge on any atom is 0.312 e. The van der Waals surface area contributed by atoms with Gasteiger partial charge in [0.1, 0.15) is 0 Å². The highest BCUT2D eigenvalue weighted by Gasteiger charge is 2.00. The zero-order valence-electron chi connectivity index (χ0n) is 7.89. The average Bonchev–Trinajstić information content (AvgIpc) is 2.04. The summed E-state index contributed by atoms with van der Waals surface area (Å²) < 4.78 is 0. The lowest BCUT2D eigenvalue weighted by Crippen LogP contribution is -2.38. The summed E-state index contributed by atoms with van der Waals surface area (Å²) in [5.74, 6) is 0. The fourth-order valence-corrected chi connectivity index (χ4v) is 1.04. The van der Waals surface area contributed by atoms with Crippen LogP contribution in [-0.2, 0) is 0 Å². The summed E-state index contributed by atoms with van der Waals surface area (Å²) in [5, 5.41) is 5.83. The monoisotopic (exact) mass is 173 g/mol. The van der Waals surface area contributed by atoms with Crippen LogP contribution in [-0.4, -0.2) is 25.2 Å². The van der Waals surface area contributed by atoms with Gasteiger partial charge in [-0.05, 0) is 12.8 Å². The Labute approximate surface area is 73.9 Å². The molecule has 0 bridgehead atoms. The van der Waals surface area contributed by atoms with E-state index >= 15 is 0 Å². The molecule has 12 heavy (non-hydrogen) atoms. The molecule has 2 amide bonds. The Hall–Kier alpha value is -0.770. The molecule has 0 aliphatic carbocycles. The van der Waals surface area contributed by atoms with Crippen molar-refractivity contribution in [2.75, 3.05) is 13.1 Å². The lowest BCUT2D eigenvalue weighted by Gasteiger charge is -2.14. The molecule has 0 unspecified atom stereocenters. The van der Waals surface area contributed by atoms with Crippen LogP contribution >= 0.6 is 0 Å². The molecule has 0 saturated carbocycles. The Balaban J connectivity index is 3.23. The molecule has 4 N–H and O–H groups in total. The summed E-state index contributed by atoms with van der Waals surface area (Å²) in [5.41, 5.74) is 4.90. The van der Waals surface area contributed by atoms with Crippen LogP contribution in [0, 0.1) is 0 Å². The topological polar surface area (TPSA) is 67.2 Å². The predicted octanol–water partition coefficient (Wildman–Crippen LogP) is 0.433. The Morgan fingerprint density at radius 3 is 2.33 bits per heavy atom. The predicted molar refractivity (Wildman–Crippen MR) is 50.0 cm³/mol. The van der Waals surface area contributed by atoms with E-state index in [1.807, 2.05) is 0 Å². The van der Waals surface area contributed by atoms with Gasteiger partial charge in [0.2, 0.25) is 0 Å². The molecule has 0 aromatic heterocycles. The van der Waals surface area contributed by atoms with Crippen LogP contribution in [0.25, 0.3) is 0 Å². The number of rotatable bonds is 6. The van der Waals surface area contributed by atoms with Crippen LogP contribution in [0.1, 0.15) is 26.7 Å². The van der Waals surface area contributed by atoms with Gasteiger partial charge in [0.05, 0.1) is 0 Å². The van der Waals surface area contributed by atoms with E-state index in [1.54, 1.807) is 0 Å². The third kappa shape index (κ3) is 5.97. The molecule has 0 radical (unpaired) electrons. The third-order valence-corrected chi connectivity index (χ3v) is 1.84. The summed E-state index contributed by atoms with van der Waals surface area (Å²) in [6.07, 6.45) is 2.24. The van der Waals surface area contributed by atoms with Crippen molar-refractivity contribution in [3.05, 3.63) is 0 Å². The second kappa shape index (κ2) is 6.91. The smallest absolute Gasteiger partial charge is 0.312 e. The first-order valence-corrected chi connectivity index (χ1v) is 4.47. The van der Waals surface area contributed by atoms with E-state index in [9.17, 15) is 4.79 Å². The second-order valence-corrected chi connectivity index (χ2v) is 2.76. The van der Waals surface area contributed by atoms with Crippen molar-refractivity contribution in [2.24, 2.45) is 5.73 Å². The number of urea groups is 1.